The van der Waals surface area contributed by atoms with Crippen LogP contribution in [0.15, 0.2) is 0 Å². The molecule has 1 aliphatic carbocycles. The van der Waals surface area contributed by atoms with Crippen LogP contribution in [0.4, 0.5) is 0 Å². The highest BCUT2D eigenvalue weighted by Crippen LogP contribution is 2.37. The number of carbonyl (C=O) groups is 1. The van der Waals surface area contributed by atoms with Gasteiger partial charge in [-0.1, -0.05) is 13.8 Å². The SMILES string of the molecule is CC(C)C(=O)N1C[C@H]2CC[C@@H]1C2. The lowest BCUT2D eigenvalue weighted by Crippen LogP contribution is -2.39. The minimum absolute atomic E-state index is 0.185. The second-order valence-corrected chi connectivity index (χ2v) is 4.48. The van der Waals surface area contributed by atoms with Gasteiger partial charge in [0, 0.05) is 18.5 Å². The van der Waals surface area contributed by atoms with Crippen LogP contribution in [0.5, 0.6) is 0 Å². The van der Waals surface area contributed by atoms with Gasteiger partial charge < -0.3 is 4.90 Å². The van der Waals surface area contributed by atoms with E-state index < -0.39 is 0 Å². The molecule has 0 unspecified atom stereocenters. The average molecular weight is 167 g/mol. The van der Waals surface area contributed by atoms with Gasteiger partial charge in [-0.2, -0.15) is 0 Å². The quantitative estimate of drug-likeness (QED) is 0.581. The van der Waals surface area contributed by atoms with Crippen LogP contribution in [0.25, 0.3) is 0 Å². The summed E-state index contributed by atoms with van der Waals surface area (Å²) < 4.78 is 0. The maximum absolute atomic E-state index is 11.7. The molecule has 1 amide bonds. The molecule has 12 heavy (non-hydrogen) atoms. The van der Waals surface area contributed by atoms with Crippen LogP contribution in [0, 0.1) is 11.8 Å². The van der Waals surface area contributed by atoms with E-state index in [0.717, 1.165) is 12.5 Å². The third-order valence-corrected chi connectivity index (χ3v) is 3.19. The van der Waals surface area contributed by atoms with E-state index in [1.165, 1.54) is 19.3 Å². The highest BCUT2D eigenvalue weighted by Gasteiger charge is 2.40. The number of piperidine rings is 1. The Balaban J connectivity index is 2.02. The Morgan fingerprint density at radius 3 is 2.58 bits per heavy atom. The average Bonchev–Trinajstić information content (AvgIpc) is 2.62. The summed E-state index contributed by atoms with van der Waals surface area (Å²) in [5.41, 5.74) is 0. The summed E-state index contributed by atoms with van der Waals surface area (Å²) in [5.74, 6) is 1.38. The number of amides is 1. The van der Waals surface area contributed by atoms with Crippen LogP contribution in [0.3, 0.4) is 0 Å². The minimum Gasteiger partial charge on any atom is -0.339 e. The molecule has 0 aromatic heterocycles. The monoisotopic (exact) mass is 167 g/mol. The summed E-state index contributed by atoms with van der Waals surface area (Å²) in [6.45, 7) is 5.03. The van der Waals surface area contributed by atoms with Gasteiger partial charge in [-0.15, -0.1) is 0 Å². The second-order valence-electron chi connectivity index (χ2n) is 4.48. The largest absolute Gasteiger partial charge is 0.339 e. The van der Waals surface area contributed by atoms with Crippen LogP contribution < -0.4 is 0 Å². The van der Waals surface area contributed by atoms with Crippen molar-refractivity contribution in [2.24, 2.45) is 11.8 Å². The van der Waals surface area contributed by atoms with Gasteiger partial charge in [0.05, 0.1) is 0 Å². The molecule has 0 aromatic carbocycles. The van der Waals surface area contributed by atoms with Crippen molar-refractivity contribution >= 4 is 5.91 Å². The van der Waals surface area contributed by atoms with Gasteiger partial charge in [0.15, 0.2) is 0 Å². The lowest BCUT2D eigenvalue weighted by molar-refractivity contribution is -0.136. The molecule has 0 N–H and O–H groups in total. The molecule has 0 radical (unpaired) electrons. The Morgan fingerprint density at radius 1 is 1.42 bits per heavy atom. The van der Waals surface area contributed by atoms with Gasteiger partial charge in [-0.3, -0.25) is 4.79 Å². The molecule has 1 saturated heterocycles. The molecule has 68 valence electrons. The van der Waals surface area contributed by atoms with Crippen molar-refractivity contribution < 1.29 is 4.79 Å². The van der Waals surface area contributed by atoms with Crippen LogP contribution in [0.2, 0.25) is 0 Å². The molecule has 2 atom stereocenters. The molecular formula is C10H17NO. The molecule has 2 bridgehead atoms. The highest BCUT2D eigenvalue weighted by molar-refractivity contribution is 5.78. The topological polar surface area (TPSA) is 20.3 Å². The highest BCUT2D eigenvalue weighted by atomic mass is 16.2. The standard InChI is InChI=1S/C10H17NO/c1-7(2)10(12)11-6-8-3-4-9(11)5-8/h7-9H,3-6H2,1-2H3/t8-,9+/m0/s1. The van der Waals surface area contributed by atoms with Crippen LogP contribution in [0.1, 0.15) is 33.1 Å². The predicted molar refractivity (Wildman–Crippen MR) is 47.7 cm³/mol. The van der Waals surface area contributed by atoms with Crippen molar-refractivity contribution in [3.63, 3.8) is 0 Å². The summed E-state index contributed by atoms with van der Waals surface area (Å²) in [6, 6.07) is 0.602. The zero-order valence-electron chi connectivity index (χ0n) is 7.92. The van der Waals surface area contributed by atoms with Gasteiger partial charge in [0.25, 0.3) is 0 Å². The third kappa shape index (κ3) is 1.13. The predicted octanol–water partition coefficient (Wildman–Crippen LogP) is 1.65. The maximum Gasteiger partial charge on any atom is 0.225 e. The number of fused-ring (bicyclic) bond motifs is 2. The van der Waals surface area contributed by atoms with E-state index in [0.29, 0.717) is 11.9 Å². The summed E-state index contributed by atoms with van der Waals surface area (Å²) in [7, 11) is 0. The molecule has 1 heterocycles. The van der Waals surface area contributed by atoms with E-state index in [1.807, 2.05) is 13.8 Å². The molecule has 2 rings (SSSR count). The first-order valence-electron chi connectivity index (χ1n) is 4.99. The number of hydrogen-bond donors (Lipinski definition) is 0. The van der Waals surface area contributed by atoms with E-state index in [-0.39, 0.29) is 5.92 Å². The number of nitrogens with zero attached hydrogens (tertiary/aromatic N) is 1. The first-order chi connectivity index (χ1) is 5.68. The fourth-order valence-corrected chi connectivity index (χ4v) is 2.53. The summed E-state index contributed by atoms with van der Waals surface area (Å²) in [6.07, 6.45) is 3.88. The Labute approximate surface area is 73.9 Å². The Kier molecular flexibility index (Phi) is 1.85. The molecule has 2 nitrogen and oxygen atoms in total. The minimum atomic E-state index is 0.185. The van der Waals surface area contributed by atoms with Gasteiger partial charge in [-0.25, -0.2) is 0 Å². The fourth-order valence-electron chi connectivity index (χ4n) is 2.53. The van der Waals surface area contributed by atoms with Gasteiger partial charge in [0.2, 0.25) is 5.91 Å². The summed E-state index contributed by atoms with van der Waals surface area (Å²) >= 11 is 0. The maximum atomic E-state index is 11.7. The van der Waals surface area contributed by atoms with E-state index in [2.05, 4.69) is 4.90 Å². The smallest absolute Gasteiger partial charge is 0.225 e. The molecule has 2 aliphatic rings. The van der Waals surface area contributed by atoms with Crippen molar-refractivity contribution in [3.05, 3.63) is 0 Å². The van der Waals surface area contributed by atoms with Crippen LogP contribution in [-0.4, -0.2) is 23.4 Å². The second kappa shape index (κ2) is 2.75. The molecule has 1 saturated carbocycles. The Morgan fingerprint density at radius 2 is 2.17 bits per heavy atom. The lowest BCUT2D eigenvalue weighted by atomic mass is 10.1. The van der Waals surface area contributed by atoms with Gasteiger partial charge in [0.1, 0.15) is 0 Å². The van der Waals surface area contributed by atoms with Crippen LogP contribution >= 0.6 is 0 Å². The molecule has 0 spiro atoms. The van der Waals surface area contributed by atoms with Crippen molar-refractivity contribution in [3.8, 4) is 0 Å². The number of hydrogen-bond acceptors (Lipinski definition) is 1. The van der Waals surface area contributed by atoms with E-state index >= 15 is 0 Å². The normalized spacial score (nSPS) is 33.4. The summed E-state index contributed by atoms with van der Waals surface area (Å²) in [4.78, 5) is 13.8. The zero-order valence-corrected chi connectivity index (χ0v) is 7.92. The number of likely N-dealkylation sites (tertiary alicyclic amines) is 1. The van der Waals surface area contributed by atoms with E-state index in [9.17, 15) is 4.79 Å². The molecule has 0 aromatic rings. The Hall–Kier alpha value is -0.530. The molecular weight excluding hydrogens is 150 g/mol. The van der Waals surface area contributed by atoms with Crippen molar-refractivity contribution in [1.82, 2.24) is 4.90 Å². The van der Waals surface area contributed by atoms with Crippen molar-refractivity contribution in [1.29, 1.82) is 0 Å². The molecule has 2 heteroatoms. The van der Waals surface area contributed by atoms with E-state index in [1.54, 1.807) is 0 Å². The van der Waals surface area contributed by atoms with E-state index in [4.69, 9.17) is 0 Å². The number of rotatable bonds is 1. The molecule has 2 fully saturated rings. The lowest BCUT2D eigenvalue weighted by Gasteiger charge is -2.28. The fraction of sp³-hybridized carbons (Fsp3) is 0.900. The first-order valence-corrected chi connectivity index (χ1v) is 4.99. The third-order valence-electron chi connectivity index (χ3n) is 3.19. The zero-order chi connectivity index (χ0) is 8.72. The van der Waals surface area contributed by atoms with Crippen LogP contribution in [-0.2, 0) is 4.79 Å². The van der Waals surface area contributed by atoms with Gasteiger partial charge >= 0.3 is 0 Å². The summed E-state index contributed by atoms with van der Waals surface area (Å²) in [5, 5.41) is 0. The Bertz CT molecular complexity index is 200. The first kappa shape index (κ1) is 8.09. The van der Waals surface area contributed by atoms with Crippen molar-refractivity contribution in [2.45, 2.75) is 39.2 Å². The molecule has 1 aliphatic heterocycles. The van der Waals surface area contributed by atoms with Crippen molar-refractivity contribution in [2.75, 3.05) is 6.54 Å². The number of carbonyl (C=O) groups excluding carboxylic acids is 1. The van der Waals surface area contributed by atoms with Gasteiger partial charge in [-0.05, 0) is 25.2 Å².